The van der Waals surface area contributed by atoms with E-state index in [0.717, 1.165) is 30.4 Å². The number of rotatable bonds is 5. The molecule has 2 fully saturated rings. The van der Waals surface area contributed by atoms with Gasteiger partial charge in [0.2, 0.25) is 0 Å². The number of β-amino-alcohol motifs (C(OH)–C–C–N with tert-alkyl or cyclic N) is 1. The van der Waals surface area contributed by atoms with Crippen LogP contribution in [0.5, 0.6) is 5.75 Å². The molecule has 128 valence electrons. The molecule has 2 atom stereocenters. The fraction of sp³-hybridized carbons (Fsp3) is 0.556. The maximum Gasteiger partial charge on any atom is 0.147 e. The van der Waals surface area contributed by atoms with Crippen molar-refractivity contribution >= 4 is 0 Å². The van der Waals surface area contributed by atoms with E-state index in [4.69, 9.17) is 4.74 Å². The lowest BCUT2D eigenvalue weighted by molar-refractivity contribution is 0.170. The standard InChI is InChI=1S/C18H24N4O2/c1-12-19-20-18(22(12)14-6-7-14)11-21-10-15(23)9-17(21)13-4-3-5-16(8-13)24-2/h3-5,8,14-15,17,23H,6-7,9-11H2,1-2H3/t15-,17+/m1/s1. The molecule has 1 saturated heterocycles. The second-order valence-corrected chi connectivity index (χ2v) is 6.88. The fourth-order valence-electron chi connectivity index (χ4n) is 3.76. The summed E-state index contributed by atoms with van der Waals surface area (Å²) in [6.45, 7) is 3.40. The van der Waals surface area contributed by atoms with Gasteiger partial charge in [-0.1, -0.05) is 12.1 Å². The Morgan fingerprint density at radius 2 is 2.12 bits per heavy atom. The van der Waals surface area contributed by atoms with E-state index in [1.165, 1.54) is 18.4 Å². The maximum absolute atomic E-state index is 10.2. The number of benzene rings is 1. The van der Waals surface area contributed by atoms with E-state index in [2.05, 4.69) is 31.8 Å². The van der Waals surface area contributed by atoms with Gasteiger partial charge in [0.1, 0.15) is 17.4 Å². The van der Waals surface area contributed by atoms with Gasteiger partial charge in [-0.05, 0) is 43.9 Å². The van der Waals surface area contributed by atoms with Crippen LogP contribution in [0.25, 0.3) is 0 Å². The first-order chi connectivity index (χ1) is 11.7. The van der Waals surface area contributed by atoms with E-state index in [1.807, 2.05) is 19.1 Å². The highest BCUT2D eigenvalue weighted by Crippen LogP contribution is 2.38. The lowest BCUT2D eigenvalue weighted by Crippen LogP contribution is -2.26. The van der Waals surface area contributed by atoms with Crippen LogP contribution in [0.1, 0.15) is 48.6 Å². The molecule has 1 saturated carbocycles. The molecule has 0 spiro atoms. The van der Waals surface area contributed by atoms with Gasteiger partial charge in [0.15, 0.2) is 0 Å². The van der Waals surface area contributed by atoms with Gasteiger partial charge in [-0.2, -0.15) is 0 Å². The molecule has 6 nitrogen and oxygen atoms in total. The number of aliphatic hydroxyl groups excluding tert-OH is 1. The van der Waals surface area contributed by atoms with Gasteiger partial charge in [0, 0.05) is 18.6 Å². The van der Waals surface area contributed by atoms with Crippen LogP contribution in [0.4, 0.5) is 0 Å². The second kappa shape index (κ2) is 6.18. The summed E-state index contributed by atoms with van der Waals surface area (Å²) in [5, 5.41) is 18.9. The molecule has 2 aromatic rings. The second-order valence-electron chi connectivity index (χ2n) is 6.88. The number of aromatic nitrogens is 3. The van der Waals surface area contributed by atoms with Gasteiger partial charge in [-0.25, -0.2) is 0 Å². The molecule has 0 amide bonds. The number of hydrogen-bond donors (Lipinski definition) is 1. The van der Waals surface area contributed by atoms with Crippen molar-refractivity contribution in [2.75, 3.05) is 13.7 Å². The van der Waals surface area contributed by atoms with Crippen molar-refractivity contribution in [2.45, 2.75) is 50.9 Å². The van der Waals surface area contributed by atoms with Gasteiger partial charge in [-0.3, -0.25) is 4.90 Å². The van der Waals surface area contributed by atoms with Crippen molar-refractivity contribution in [3.8, 4) is 5.75 Å². The first-order valence-corrected chi connectivity index (χ1v) is 8.62. The number of aryl methyl sites for hydroxylation is 1. The molecule has 1 N–H and O–H groups in total. The van der Waals surface area contributed by atoms with Gasteiger partial charge in [0.25, 0.3) is 0 Å². The van der Waals surface area contributed by atoms with Gasteiger partial charge in [0.05, 0.1) is 19.8 Å². The number of likely N-dealkylation sites (tertiary alicyclic amines) is 1. The minimum absolute atomic E-state index is 0.180. The van der Waals surface area contributed by atoms with Crippen LogP contribution in [-0.2, 0) is 6.54 Å². The van der Waals surface area contributed by atoms with Crippen molar-refractivity contribution in [3.05, 3.63) is 41.5 Å². The predicted molar refractivity (Wildman–Crippen MR) is 89.8 cm³/mol. The molecule has 0 radical (unpaired) electrons. The minimum Gasteiger partial charge on any atom is -0.497 e. The normalized spacial score (nSPS) is 24.5. The number of nitrogens with zero attached hydrogens (tertiary/aromatic N) is 4. The molecule has 0 unspecified atom stereocenters. The number of aliphatic hydroxyl groups is 1. The molecule has 24 heavy (non-hydrogen) atoms. The van der Waals surface area contributed by atoms with Crippen LogP contribution in [0.15, 0.2) is 24.3 Å². The molecule has 0 bridgehead atoms. The summed E-state index contributed by atoms with van der Waals surface area (Å²) in [7, 11) is 1.68. The Bertz CT molecular complexity index is 726. The summed E-state index contributed by atoms with van der Waals surface area (Å²) in [6, 6.07) is 8.87. The van der Waals surface area contributed by atoms with E-state index in [1.54, 1.807) is 7.11 Å². The zero-order valence-electron chi connectivity index (χ0n) is 14.2. The van der Waals surface area contributed by atoms with Crippen LogP contribution in [0.3, 0.4) is 0 Å². The van der Waals surface area contributed by atoms with Crippen molar-refractivity contribution in [1.29, 1.82) is 0 Å². The minimum atomic E-state index is -0.306. The van der Waals surface area contributed by atoms with E-state index in [-0.39, 0.29) is 12.1 Å². The highest BCUT2D eigenvalue weighted by molar-refractivity contribution is 5.31. The topological polar surface area (TPSA) is 63.4 Å². The fourth-order valence-corrected chi connectivity index (χ4v) is 3.76. The molecular weight excluding hydrogens is 304 g/mol. The highest BCUT2D eigenvalue weighted by Gasteiger charge is 2.35. The Morgan fingerprint density at radius 1 is 1.29 bits per heavy atom. The summed E-state index contributed by atoms with van der Waals surface area (Å²) in [4.78, 5) is 2.31. The van der Waals surface area contributed by atoms with Crippen molar-refractivity contribution in [2.24, 2.45) is 0 Å². The molecule has 1 aliphatic carbocycles. The summed E-state index contributed by atoms with van der Waals surface area (Å²) < 4.78 is 7.62. The zero-order valence-corrected chi connectivity index (χ0v) is 14.2. The largest absolute Gasteiger partial charge is 0.497 e. The summed E-state index contributed by atoms with van der Waals surface area (Å²) >= 11 is 0. The monoisotopic (exact) mass is 328 g/mol. The molecule has 1 aliphatic heterocycles. The SMILES string of the molecule is COc1cccc([C@@H]2C[C@@H](O)CN2Cc2nnc(C)n2C2CC2)c1. The predicted octanol–water partition coefficient (Wildman–Crippen LogP) is 2.24. The summed E-state index contributed by atoms with van der Waals surface area (Å²) in [6.07, 6.45) is 2.87. The maximum atomic E-state index is 10.2. The van der Waals surface area contributed by atoms with Crippen LogP contribution in [0.2, 0.25) is 0 Å². The van der Waals surface area contributed by atoms with Crippen molar-refractivity contribution in [1.82, 2.24) is 19.7 Å². The Labute approximate surface area is 142 Å². The summed E-state index contributed by atoms with van der Waals surface area (Å²) in [5.74, 6) is 2.85. The van der Waals surface area contributed by atoms with Crippen LogP contribution in [-0.4, -0.2) is 44.5 Å². The first kappa shape index (κ1) is 15.6. The van der Waals surface area contributed by atoms with Crippen LogP contribution < -0.4 is 4.74 Å². The van der Waals surface area contributed by atoms with Gasteiger partial charge in [-0.15, -0.1) is 10.2 Å². The lowest BCUT2D eigenvalue weighted by Gasteiger charge is -2.24. The summed E-state index contributed by atoms with van der Waals surface area (Å²) in [5.41, 5.74) is 1.18. The van der Waals surface area contributed by atoms with Gasteiger partial charge < -0.3 is 14.4 Å². The quantitative estimate of drug-likeness (QED) is 0.912. The molecule has 4 rings (SSSR count). The number of ether oxygens (including phenoxy) is 1. The Kier molecular flexibility index (Phi) is 4.02. The number of hydrogen-bond acceptors (Lipinski definition) is 5. The van der Waals surface area contributed by atoms with Crippen LogP contribution in [0, 0.1) is 6.92 Å². The molecule has 1 aromatic carbocycles. The van der Waals surface area contributed by atoms with E-state index in [0.29, 0.717) is 12.6 Å². The van der Waals surface area contributed by atoms with Crippen LogP contribution >= 0.6 is 0 Å². The molecular formula is C18H24N4O2. The Morgan fingerprint density at radius 3 is 2.88 bits per heavy atom. The Hall–Kier alpha value is -1.92. The third-order valence-corrected chi connectivity index (χ3v) is 5.05. The highest BCUT2D eigenvalue weighted by atomic mass is 16.5. The van der Waals surface area contributed by atoms with E-state index >= 15 is 0 Å². The van der Waals surface area contributed by atoms with E-state index in [9.17, 15) is 5.11 Å². The molecule has 2 heterocycles. The zero-order chi connectivity index (χ0) is 16.7. The Balaban J connectivity index is 1.59. The van der Waals surface area contributed by atoms with Crippen molar-refractivity contribution < 1.29 is 9.84 Å². The first-order valence-electron chi connectivity index (χ1n) is 8.62. The lowest BCUT2D eigenvalue weighted by atomic mass is 10.0. The third-order valence-electron chi connectivity index (χ3n) is 5.05. The van der Waals surface area contributed by atoms with E-state index < -0.39 is 0 Å². The average molecular weight is 328 g/mol. The molecule has 1 aromatic heterocycles. The molecule has 2 aliphatic rings. The molecule has 6 heteroatoms. The smallest absolute Gasteiger partial charge is 0.147 e. The third kappa shape index (κ3) is 2.91. The van der Waals surface area contributed by atoms with Gasteiger partial charge >= 0.3 is 0 Å². The van der Waals surface area contributed by atoms with Crippen molar-refractivity contribution in [3.63, 3.8) is 0 Å². The average Bonchev–Trinajstić information content (AvgIpc) is 3.26. The number of methoxy groups -OCH3 is 1.